The van der Waals surface area contributed by atoms with Crippen LogP contribution in [-0.4, -0.2) is 102 Å². The molecule has 0 bridgehead atoms. The zero-order valence-corrected chi connectivity index (χ0v) is 17.2. The van der Waals surface area contributed by atoms with Crippen molar-refractivity contribution in [2.24, 2.45) is 0 Å². The van der Waals surface area contributed by atoms with Gasteiger partial charge in [-0.15, -0.1) is 0 Å². The molecule has 56 valence electrons. The molecule has 0 aliphatic heterocycles. The average molecular weight is 513 g/mol. The molecule has 0 saturated heterocycles. The summed E-state index contributed by atoms with van der Waals surface area (Å²) in [6.07, 6.45) is 0. The quantitative estimate of drug-likeness (QED) is 0.367. The fourth-order valence-corrected chi connectivity index (χ4v) is 0. The van der Waals surface area contributed by atoms with E-state index in [1.165, 1.54) is 0 Å². The maximum atomic E-state index is 8.71. The van der Waals surface area contributed by atoms with Gasteiger partial charge in [0.1, 0.15) is 0 Å². The molecule has 10 heavy (non-hydrogen) atoms. The summed E-state index contributed by atoms with van der Waals surface area (Å²) in [5.41, 5.74) is 0. The summed E-state index contributed by atoms with van der Waals surface area (Å²) in [5, 5.41) is 0. The van der Waals surface area contributed by atoms with E-state index in [9.17, 15) is 0 Å². The molecule has 0 saturated carbocycles. The van der Waals surface area contributed by atoms with Crippen molar-refractivity contribution in [3.8, 4) is 0 Å². The maximum absolute atomic E-state index is 8.71. The normalized spacial score (nSPS) is 5.00. The van der Waals surface area contributed by atoms with Crippen LogP contribution in [-0.2, 0) is 50.6 Å². The van der Waals surface area contributed by atoms with Crippen LogP contribution in [0.3, 0.4) is 0 Å². The Bertz CT molecular complexity index is 145. The van der Waals surface area contributed by atoms with E-state index >= 15 is 0 Å². The summed E-state index contributed by atoms with van der Waals surface area (Å²) in [5.74, 6) is 0. The first-order chi connectivity index (χ1) is 3.46. The summed E-state index contributed by atoms with van der Waals surface area (Å²) in [4.78, 5) is 0. The van der Waals surface area contributed by atoms with E-state index in [1.807, 2.05) is 0 Å². The predicted molar refractivity (Wildman–Crippen MR) is 23.1 cm³/mol. The molecule has 0 rings (SSSR count). The van der Waals surface area contributed by atoms with E-state index in [2.05, 4.69) is 0 Å². The van der Waals surface area contributed by atoms with Crippen LogP contribution in [0.25, 0.3) is 0 Å². The molecular weight excluding hydrogens is 507 g/mol. The van der Waals surface area contributed by atoms with Crippen LogP contribution in [0.2, 0.25) is 0 Å². The minimum Gasteiger partial charge on any atom is 2.00 e. The van der Waals surface area contributed by atoms with Gasteiger partial charge in [0.2, 0.25) is 0 Å². The van der Waals surface area contributed by atoms with Crippen molar-refractivity contribution in [3.05, 3.63) is 0 Å². The average Bonchev–Trinajstić information content (AvgIpc) is 1.25. The van der Waals surface area contributed by atoms with E-state index in [0.717, 1.165) is 0 Å². The van der Waals surface area contributed by atoms with Crippen molar-refractivity contribution in [1.82, 2.24) is 0 Å². The van der Waals surface area contributed by atoms with Gasteiger partial charge < -0.3 is 5.71 Å². The fourth-order valence-electron chi connectivity index (χ4n) is 0. The van der Waals surface area contributed by atoms with Gasteiger partial charge in [0.05, 0.1) is 0 Å². The van der Waals surface area contributed by atoms with Crippen LogP contribution in [0.1, 0.15) is 5.71 Å². The van der Waals surface area contributed by atoms with Crippen molar-refractivity contribution in [2.75, 3.05) is 0 Å². The monoisotopic (exact) mass is 514 g/mol. The van der Waals surface area contributed by atoms with E-state index in [-0.39, 0.29) is 100 Å². The Hall–Kier alpha value is 3.65. The van der Waals surface area contributed by atoms with Crippen molar-refractivity contribution in [1.29, 1.82) is 0 Å². The maximum Gasteiger partial charge on any atom is 2.00 e. The smallest absolute Gasteiger partial charge is 2.00 e. The second-order valence-corrected chi connectivity index (χ2v) is 2.81. The molecule has 6 nitrogen and oxygen atoms in total. The summed E-state index contributed by atoms with van der Waals surface area (Å²) in [7, 11) is 0. The first-order valence-electron chi connectivity index (χ1n) is 1.13. The first kappa shape index (κ1) is 23.5. The van der Waals surface area contributed by atoms with Crippen LogP contribution < -0.4 is 0 Å². The van der Waals surface area contributed by atoms with Gasteiger partial charge in [0.15, 0.2) is 0 Å². The molecule has 0 atom stereocenters. The Morgan fingerprint density at radius 2 is 0.900 bits per heavy atom. The van der Waals surface area contributed by atoms with Crippen molar-refractivity contribution >= 4 is 94.4 Å². The minimum absolute atomic E-state index is 0. The molecule has 0 fully saturated rings. The van der Waals surface area contributed by atoms with Gasteiger partial charge in [0.25, 0.3) is 0 Å². The second kappa shape index (κ2) is 18.4. The standard InChI is InChI=1S/Ba.2Nb.2H2O.4O.Sr.4H/h;;;2*1H2;;;;;;;;;/q+2;2*+1;;;;;;;+2;4*-1/p-2. The molecule has 0 aromatic heterocycles. The third-order valence-electron chi connectivity index (χ3n) is 0. The summed E-state index contributed by atoms with van der Waals surface area (Å²) < 4.78 is 49.1. The molecular formula is H6BaNb2O6Sr. The van der Waals surface area contributed by atoms with Gasteiger partial charge in [-0.05, 0) is 0 Å². The Labute approximate surface area is 154 Å². The van der Waals surface area contributed by atoms with E-state index in [1.54, 1.807) is 0 Å². The molecule has 0 radical (unpaired) electrons. The van der Waals surface area contributed by atoms with Gasteiger partial charge in [-0.25, -0.2) is 0 Å². The van der Waals surface area contributed by atoms with E-state index < -0.39 is 37.6 Å². The number of rotatable bonds is 0. The number of hydrogen-bond donors (Lipinski definition) is 2. The molecule has 2 N–H and O–H groups in total. The van der Waals surface area contributed by atoms with Gasteiger partial charge in [-0.3, -0.25) is 0 Å². The zero-order valence-electron chi connectivity index (χ0n) is 8.84. The van der Waals surface area contributed by atoms with E-state index in [0.29, 0.717) is 0 Å². The molecule has 0 unspecified atom stereocenters. The first-order valence-corrected chi connectivity index (χ1v) is 6.69. The molecule has 10 heteroatoms. The van der Waals surface area contributed by atoms with Gasteiger partial charge in [-0.1, -0.05) is 0 Å². The van der Waals surface area contributed by atoms with Crippen LogP contribution in [0.4, 0.5) is 0 Å². The minimum atomic E-state index is -3.95. The molecule has 0 aromatic rings. The number of hydrogen-bond acceptors (Lipinski definition) is 4. The molecule has 0 heterocycles. The summed E-state index contributed by atoms with van der Waals surface area (Å²) in [6.45, 7) is 0. The van der Waals surface area contributed by atoms with Gasteiger partial charge in [0, 0.05) is 0 Å². The van der Waals surface area contributed by atoms with Crippen molar-refractivity contribution < 1.29 is 63.5 Å². The van der Waals surface area contributed by atoms with Gasteiger partial charge in [-0.2, -0.15) is 0 Å². The third-order valence-corrected chi connectivity index (χ3v) is 0. The van der Waals surface area contributed by atoms with E-state index in [4.69, 9.17) is 20.2 Å². The largest absolute Gasteiger partial charge is 2.00 e. The Balaban J connectivity index is -0.00000000600. The molecule has 0 aliphatic carbocycles. The second-order valence-electron chi connectivity index (χ2n) is 0.476. The zero-order chi connectivity index (χ0) is 7.15. The topological polar surface area (TPSA) is 109 Å². The van der Waals surface area contributed by atoms with Crippen LogP contribution >= 0.6 is 0 Å². The van der Waals surface area contributed by atoms with Crippen molar-refractivity contribution in [2.45, 2.75) is 0 Å². The Morgan fingerprint density at radius 3 is 0.900 bits per heavy atom. The molecule has 0 amide bonds. The van der Waals surface area contributed by atoms with Crippen LogP contribution in [0.15, 0.2) is 0 Å². The molecule has 0 aromatic carbocycles. The predicted octanol–water partition coefficient (Wildman–Crippen LogP) is -1.91. The summed E-state index contributed by atoms with van der Waals surface area (Å²) >= 11 is -7.90. The Kier molecular flexibility index (Phi) is 43.3. The molecule has 0 aliphatic rings. The van der Waals surface area contributed by atoms with Gasteiger partial charge >= 0.3 is 152 Å². The van der Waals surface area contributed by atoms with Crippen LogP contribution in [0, 0.1) is 0 Å². The summed E-state index contributed by atoms with van der Waals surface area (Å²) in [6, 6.07) is 0. The van der Waals surface area contributed by atoms with Crippen molar-refractivity contribution in [3.63, 3.8) is 0 Å². The molecule has 0 spiro atoms. The Morgan fingerprint density at radius 1 is 0.900 bits per heavy atom. The van der Waals surface area contributed by atoms with Crippen LogP contribution in [0.5, 0.6) is 0 Å². The SMILES string of the molecule is [Ba+2].[H-].[H-].[H-].[H-].[O]=[Nb](=[O])[OH].[O]=[Nb](=[O])[OH].[Sr+2]. The fraction of sp³-hybridized carbons (Fsp3) is 0. The third kappa shape index (κ3) is 99.1.